The first-order valence-electron chi connectivity index (χ1n) is 8.70. The van der Waals surface area contributed by atoms with E-state index >= 15 is 0 Å². The maximum absolute atomic E-state index is 12.7. The van der Waals surface area contributed by atoms with Gasteiger partial charge in [-0.15, -0.1) is 23.5 Å². The lowest BCUT2D eigenvalue weighted by molar-refractivity contribution is -0.122. The van der Waals surface area contributed by atoms with Gasteiger partial charge in [-0.3, -0.25) is 4.79 Å². The predicted molar refractivity (Wildman–Crippen MR) is 98.8 cm³/mol. The molecule has 1 aromatic rings. The summed E-state index contributed by atoms with van der Waals surface area (Å²) in [5.41, 5.74) is 0.945. The van der Waals surface area contributed by atoms with Crippen LogP contribution in [0.15, 0.2) is 18.2 Å². The zero-order valence-corrected chi connectivity index (χ0v) is 15.2. The molecule has 5 heteroatoms. The lowest BCUT2D eigenvalue weighted by Gasteiger charge is -2.52. The number of carbonyl (C=O) groups excluding carboxylic acids is 1. The predicted octanol–water partition coefficient (Wildman–Crippen LogP) is 4.33. The molecule has 1 aliphatic heterocycles. The van der Waals surface area contributed by atoms with Gasteiger partial charge in [0.1, 0.15) is 5.82 Å². The maximum Gasteiger partial charge on any atom is 0.228 e. The van der Waals surface area contributed by atoms with Gasteiger partial charge < -0.3 is 5.32 Å². The molecule has 1 spiro atoms. The van der Waals surface area contributed by atoms with Crippen LogP contribution in [0.1, 0.15) is 37.8 Å². The topological polar surface area (TPSA) is 42.0 Å². The summed E-state index contributed by atoms with van der Waals surface area (Å²) < 4.78 is 0.441. The number of nitrogens with one attached hydrogen (secondary N) is 1. The Morgan fingerprint density at radius 3 is 2.57 bits per heavy atom. The monoisotopic (exact) mass is 348 g/mol. The number of rotatable bonds is 2. The van der Waals surface area contributed by atoms with Crippen molar-refractivity contribution in [3.63, 3.8) is 0 Å². The molecule has 1 amide bonds. The summed E-state index contributed by atoms with van der Waals surface area (Å²) >= 11 is 4.39. The molecular formula is C18H24N2OS2. The van der Waals surface area contributed by atoms with E-state index in [1.165, 1.54) is 30.8 Å². The third-order valence-corrected chi connectivity index (χ3v) is 9.65. The Morgan fingerprint density at radius 1 is 1.22 bits per heavy atom. The summed E-state index contributed by atoms with van der Waals surface area (Å²) in [6.45, 7) is 1.96. The molecule has 3 aliphatic rings. The van der Waals surface area contributed by atoms with Crippen LogP contribution >= 0.6 is 23.5 Å². The smallest absolute Gasteiger partial charge is 0.228 e. The molecule has 0 radical (unpaired) electrons. The number of hydrogen-bond donors (Lipinski definition) is 1. The fourth-order valence-electron chi connectivity index (χ4n) is 4.66. The van der Waals surface area contributed by atoms with Crippen molar-refractivity contribution >= 4 is 35.2 Å². The second kappa shape index (κ2) is 6.32. The Balaban J connectivity index is 1.48. The van der Waals surface area contributed by atoms with Gasteiger partial charge >= 0.3 is 0 Å². The van der Waals surface area contributed by atoms with Crippen molar-refractivity contribution < 1.29 is 4.79 Å². The van der Waals surface area contributed by atoms with Gasteiger partial charge in [0.2, 0.25) is 5.91 Å². The van der Waals surface area contributed by atoms with Crippen LogP contribution in [0.3, 0.4) is 0 Å². The van der Waals surface area contributed by atoms with Gasteiger partial charge in [0.25, 0.3) is 0 Å². The van der Waals surface area contributed by atoms with Crippen molar-refractivity contribution in [1.82, 2.24) is 4.98 Å². The van der Waals surface area contributed by atoms with Crippen LogP contribution in [0.4, 0.5) is 5.82 Å². The average molecular weight is 349 g/mol. The van der Waals surface area contributed by atoms with Crippen LogP contribution in [0.25, 0.3) is 0 Å². The summed E-state index contributed by atoms with van der Waals surface area (Å²) in [5, 5.41) is 3.06. The number of hydrogen-bond acceptors (Lipinski definition) is 4. The molecule has 2 aliphatic carbocycles. The Bertz CT molecular complexity index is 584. The summed E-state index contributed by atoms with van der Waals surface area (Å²) in [7, 11) is 0. The quantitative estimate of drug-likeness (QED) is 0.864. The Kier molecular flexibility index (Phi) is 4.35. The average Bonchev–Trinajstić information content (AvgIpc) is 2.96. The first-order chi connectivity index (χ1) is 11.2. The summed E-state index contributed by atoms with van der Waals surface area (Å²) in [5.74, 6) is 5.07. The molecule has 1 saturated heterocycles. The van der Waals surface area contributed by atoms with Crippen molar-refractivity contribution in [1.29, 1.82) is 0 Å². The highest BCUT2D eigenvalue weighted by Crippen LogP contribution is 2.64. The lowest BCUT2D eigenvalue weighted by atomic mass is 9.67. The van der Waals surface area contributed by atoms with Crippen molar-refractivity contribution in [2.24, 2.45) is 17.8 Å². The van der Waals surface area contributed by atoms with Gasteiger partial charge in [-0.25, -0.2) is 4.98 Å². The molecule has 1 unspecified atom stereocenters. The molecule has 1 aromatic heterocycles. The Labute approximate surface area is 146 Å². The number of aryl methyl sites for hydroxylation is 1. The highest BCUT2D eigenvalue weighted by molar-refractivity contribution is 8.21. The van der Waals surface area contributed by atoms with E-state index in [9.17, 15) is 4.79 Å². The van der Waals surface area contributed by atoms with Gasteiger partial charge in [0.05, 0.1) is 4.08 Å². The minimum Gasteiger partial charge on any atom is -0.310 e. The molecule has 3 nitrogen and oxygen atoms in total. The third kappa shape index (κ3) is 2.91. The van der Waals surface area contributed by atoms with E-state index < -0.39 is 0 Å². The SMILES string of the molecule is Cc1cccc(NC(=O)C2C[C@H]3CCC[C@@H](C2)C32SCCS2)n1. The summed E-state index contributed by atoms with van der Waals surface area (Å²) in [6, 6.07) is 5.80. The van der Waals surface area contributed by atoms with Crippen LogP contribution in [-0.2, 0) is 4.79 Å². The molecule has 2 bridgehead atoms. The fourth-order valence-corrected chi connectivity index (χ4v) is 8.60. The highest BCUT2D eigenvalue weighted by Gasteiger charge is 2.55. The number of amides is 1. The maximum atomic E-state index is 12.7. The van der Waals surface area contributed by atoms with Gasteiger partial charge in [0, 0.05) is 23.1 Å². The fraction of sp³-hybridized carbons (Fsp3) is 0.667. The third-order valence-electron chi connectivity index (χ3n) is 5.63. The molecular weight excluding hydrogens is 324 g/mol. The van der Waals surface area contributed by atoms with E-state index in [-0.39, 0.29) is 11.8 Å². The van der Waals surface area contributed by atoms with E-state index in [1.54, 1.807) is 0 Å². The van der Waals surface area contributed by atoms with Crippen molar-refractivity contribution in [3.8, 4) is 0 Å². The van der Waals surface area contributed by atoms with Gasteiger partial charge in [-0.2, -0.15) is 0 Å². The van der Waals surface area contributed by atoms with E-state index in [1.807, 2.05) is 25.1 Å². The number of carbonyl (C=O) groups is 1. The van der Waals surface area contributed by atoms with Crippen molar-refractivity contribution in [3.05, 3.63) is 23.9 Å². The molecule has 1 N–H and O–H groups in total. The minimum absolute atomic E-state index is 0.167. The second-order valence-corrected chi connectivity index (χ2v) is 10.1. The van der Waals surface area contributed by atoms with Crippen molar-refractivity contribution in [2.45, 2.75) is 43.1 Å². The first-order valence-corrected chi connectivity index (χ1v) is 10.7. The normalized spacial score (nSPS) is 32.0. The summed E-state index contributed by atoms with van der Waals surface area (Å²) in [4.78, 5) is 17.2. The Hall–Kier alpha value is -0.680. The summed E-state index contributed by atoms with van der Waals surface area (Å²) in [6.07, 6.45) is 6.10. The van der Waals surface area contributed by atoms with Crippen molar-refractivity contribution in [2.75, 3.05) is 16.8 Å². The van der Waals surface area contributed by atoms with Crippen LogP contribution in [0, 0.1) is 24.7 Å². The second-order valence-electron chi connectivity index (χ2n) is 7.06. The lowest BCUT2D eigenvalue weighted by Crippen LogP contribution is -2.48. The van der Waals surface area contributed by atoms with Crippen LogP contribution in [-0.4, -0.2) is 26.5 Å². The van der Waals surface area contributed by atoms with E-state index in [2.05, 4.69) is 33.8 Å². The number of thioether (sulfide) groups is 2. The molecule has 2 saturated carbocycles. The van der Waals surface area contributed by atoms with Crippen LogP contribution in [0.2, 0.25) is 0 Å². The first kappa shape index (κ1) is 15.8. The molecule has 3 fully saturated rings. The number of anilines is 1. The standard InChI is InChI=1S/C18H24N2OS2/c1-12-4-2-7-16(19-12)20-17(21)13-10-14-5-3-6-15(11-13)18(14)22-8-9-23-18/h2,4,7,13-15H,3,5-6,8-11H2,1H3,(H,19,20,21)/t13?,14-,15+. The van der Waals surface area contributed by atoms with Gasteiger partial charge in [0.15, 0.2) is 0 Å². The van der Waals surface area contributed by atoms with Gasteiger partial charge in [-0.05, 0) is 56.6 Å². The highest BCUT2D eigenvalue weighted by atomic mass is 32.2. The van der Waals surface area contributed by atoms with E-state index in [4.69, 9.17) is 0 Å². The molecule has 23 heavy (non-hydrogen) atoms. The van der Waals surface area contributed by atoms with E-state index in [0.29, 0.717) is 21.7 Å². The molecule has 124 valence electrons. The van der Waals surface area contributed by atoms with Crippen LogP contribution < -0.4 is 5.32 Å². The zero-order chi connectivity index (χ0) is 15.9. The van der Waals surface area contributed by atoms with E-state index in [0.717, 1.165) is 18.5 Å². The zero-order valence-electron chi connectivity index (χ0n) is 13.6. The van der Waals surface area contributed by atoms with Gasteiger partial charge in [-0.1, -0.05) is 12.5 Å². The van der Waals surface area contributed by atoms with Crippen LogP contribution in [0.5, 0.6) is 0 Å². The number of nitrogens with zero attached hydrogens (tertiary/aromatic N) is 1. The molecule has 3 atom stereocenters. The molecule has 2 heterocycles. The largest absolute Gasteiger partial charge is 0.310 e. The number of pyridine rings is 1. The molecule has 0 aromatic carbocycles. The minimum atomic E-state index is 0.167. The Morgan fingerprint density at radius 2 is 1.91 bits per heavy atom. The number of aromatic nitrogens is 1. The molecule has 4 rings (SSSR count).